The Morgan fingerprint density at radius 3 is 2.11 bits per heavy atom. The van der Waals surface area contributed by atoms with Crippen molar-refractivity contribution in [3.8, 4) is 0 Å². The third-order valence-electron chi connectivity index (χ3n) is 3.50. The molecule has 0 saturated carbocycles. The van der Waals surface area contributed by atoms with Crippen LogP contribution in [-0.4, -0.2) is 55.9 Å². The van der Waals surface area contributed by atoms with Gasteiger partial charge in [-0.2, -0.15) is 0 Å². The van der Waals surface area contributed by atoms with Crippen LogP contribution in [0.4, 0.5) is 0 Å². The summed E-state index contributed by atoms with van der Waals surface area (Å²) in [6.07, 6.45) is 0.959. The van der Waals surface area contributed by atoms with E-state index in [1.54, 1.807) is 13.8 Å². The first-order valence-electron chi connectivity index (χ1n) is 6.05. The van der Waals surface area contributed by atoms with E-state index in [1.807, 2.05) is 0 Å². The summed E-state index contributed by atoms with van der Waals surface area (Å²) >= 11 is 0. The third-order valence-corrected chi connectivity index (χ3v) is 4.43. The molecule has 0 heterocycles. The summed E-state index contributed by atoms with van der Waals surface area (Å²) < 4.78 is 22.1. The lowest BCUT2D eigenvalue weighted by Crippen LogP contribution is -2.40. The largest absolute Gasteiger partial charge is 0.481 e. The standard InChI is InChI=1S/C12H23NO5S/c1-9(2)12(3,11(15)16)8-10(14)13(4)6-7-19(5,17)18/h9H,6-8H2,1-5H3,(H,15,16). The van der Waals surface area contributed by atoms with Crippen LogP contribution >= 0.6 is 0 Å². The first kappa shape index (κ1) is 17.9. The van der Waals surface area contributed by atoms with E-state index in [4.69, 9.17) is 0 Å². The van der Waals surface area contributed by atoms with Crippen LogP contribution in [-0.2, 0) is 19.4 Å². The number of carbonyl (C=O) groups is 2. The van der Waals surface area contributed by atoms with E-state index in [2.05, 4.69) is 0 Å². The molecular weight excluding hydrogens is 270 g/mol. The zero-order chi connectivity index (χ0) is 15.4. The fraction of sp³-hybridized carbons (Fsp3) is 0.833. The molecule has 0 radical (unpaired) electrons. The van der Waals surface area contributed by atoms with Crippen molar-refractivity contribution in [2.24, 2.45) is 11.3 Å². The number of carboxylic acids is 1. The summed E-state index contributed by atoms with van der Waals surface area (Å²) in [4.78, 5) is 24.5. The van der Waals surface area contributed by atoms with Gasteiger partial charge in [-0.25, -0.2) is 8.42 Å². The van der Waals surface area contributed by atoms with Gasteiger partial charge in [-0.05, 0) is 12.8 Å². The van der Waals surface area contributed by atoms with Crippen molar-refractivity contribution in [3.63, 3.8) is 0 Å². The van der Waals surface area contributed by atoms with Crippen LogP contribution < -0.4 is 0 Å². The number of rotatable bonds is 7. The van der Waals surface area contributed by atoms with Crippen molar-refractivity contribution in [1.82, 2.24) is 4.90 Å². The van der Waals surface area contributed by atoms with Crippen LogP contribution in [0.2, 0.25) is 0 Å². The minimum absolute atomic E-state index is 0.0749. The van der Waals surface area contributed by atoms with Crippen LogP contribution in [0.3, 0.4) is 0 Å². The lowest BCUT2D eigenvalue weighted by Gasteiger charge is -2.30. The van der Waals surface area contributed by atoms with Gasteiger partial charge in [0.05, 0.1) is 11.2 Å². The SMILES string of the molecule is CC(C)C(C)(CC(=O)N(C)CCS(C)(=O)=O)C(=O)O. The number of hydrogen-bond donors (Lipinski definition) is 1. The molecule has 1 unspecified atom stereocenters. The van der Waals surface area contributed by atoms with Gasteiger partial charge in [0.25, 0.3) is 0 Å². The molecule has 0 fully saturated rings. The van der Waals surface area contributed by atoms with E-state index in [0.717, 1.165) is 6.26 Å². The average Bonchev–Trinajstić information content (AvgIpc) is 2.23. The van der Waals surface area contributed by atoms with E-state index in [9.17, 15) is 23.1 Å². The number of nitrogens with zero attached hydrogens (tertiary/aromatic N) is 1. The Morgan fingerprint density at radius 1 is 1.32 bits per heavy atom. The van der Waals surface area contributed by atoms with E-state index >= 15 is 0 Å². The quantitative estimate of drug-likeness (QED) is 0.743. The third kappa shape index (κ3) is 5.59. The Balaban J connectivity index is 4.71. The summed E-state index contributed by atoms with van der Waals surface area (Å²) in [6.45, 7) is 5.10. The first-order valence-corrected chi connectivity index (χ1v) is 8.11. The number of sulfone groups is 1. The molecule has 19 heavy (non-hydrogen) atoms. The Morgan fingerprint density at radius 2 is 1.79 bits per heavy atom. The molecule has 112 valence electrons. The van der Waals surface area contributed by atoms with Crippen molar-refractivity contribution < 1.29 is 23.1 Å². The summed E-state index contributed by atoms with van der Waals surface area (Å²) in [7, 11) is -1.66. The summed E-state index contributed by atoms with van der Waals surface area (Å²) in [5, 5.41) is 9.23. The second-order valence-electron chi connectivity index (χ2n) is 5.50. The van der Waals surface area contributed by atoms with Crippen molar-refractivity contribution in [1.29, 1.82) is 0 Å². The van der Waals surface area contributed by atoms with Crippen molar-refractivity contribution >= 4 is 21.7 Å². The molecule has 0 saturated heterocycles. The highest BCUT2D eigenvalue weighted by atomic mass is 32.2. The molecule has 0 spiro atoms. The highest BCUT2D eigenvalue weighted by Crippen LogP contribution is 2.31. The van der Waals surface area contributed by atoms with Crippen LogP contribution in [0.25, 0.3) is 0 Å². The van der Waals surface area contributed by atoms with Gasteiger partial charge in [0.2, 0.25) is 5.91 Å². The van der Waals surface area contributed by atoms with Crippen molar-refractivity contribution in [3.05, 3.63) is 0 Å². The molecule has 0 rings (SSSR count). The maximum atomic E-state index is 12.0. The molecule has 7 heteroatoms. The molecule has 6 nitrogen and oxygen atoms in total. The molecular formula is C12H23NO5S. The average molecular weight is 293 g/mol. The number of carbonyl (C=O) groups excluding carboxylic acids is 1. The van der Waals surface area contributed by atoms with Gasteiger partial charge < -0.3 is 10.0 Å². The van der Waals surface area contributed by atoms with Crippen molar-refractivity contribution in [2.75, 3.05) is 25.6 Å². The topological polar surface area (TPSA) is 91.8 Å². The van der Waals surface area contributed by atoms with Gasteiger partial charge in [0, 0.05) is 26.3 Å². The first-order chi connectivity index (χ1) is 8.40. The van der Waals surface area contributed by atoms with Gasteiger partial charge in [-0.1, -0.05) is 13.8 Å². The molecule has 0 aliphatic rings. The summed E-state index contributed by atoms with van der Waals surface area (Å²) in [5.41, 5.74) is -1.14. The smallest absolute Gasteiger partial charge is 0.310 e. The Labute approximate surface area is 114 Å². The molecule has 1 N–H and O–H groups in total. The monoisotopic (exact) mass is 293 g/mol. The van der Waals surface area contributed by atoms with Crippen LogP contribution in [0, 0.1) is 11.3 Å². The van der Waals surface area contributed by atoms with E-state index in [0.29, 0.717) is 0 Å². The summed E-state index contributed by atoms with van der Waals surface area (Å²) in [6, 6.07) is 0. The molecule has 1 atom stereocenters. The molecule has 0 bridgehead atoms. The van der Waals surface area contributed by atoms with Gasteiger partial charge in [0.15, 0.2) is 0 Å². The predicted octanol–water partition coefficient (Wildman–Crippen LogP) is 0.626. The van der Waals surface area contributed by atoms with Crippen LogP contribution in [0.5, 0.6) is 0 Å². The normalized spacial score (nSPS) is 15.1. The number of amides is 1. The van der Waals surface area contributed by atoms with Gasteiger partial charge in [0.1, 0.15) is 9.84 Å². The van der Waals surface area contributed by atoms with Crippen LogP contribution in [0.15, 0.2) is 0 Å². The zero-order valence-electron chi connectivity index (χ0n) is 12.1. The van der Waals surface area contributed by atoms with E-state index in [1.165, 1.54) is 18.9 Å². The lowest BCUT2D eigenvalue weighted by atomic mass is 9.76. The number of carboxylic acid groups (broad SMARTS) is 1. The molecule has 0 aromatic heterocycles. The maximum Gasteiger partial charge on any atom is 0.310 e. The second-order valence-corrected chi connectivity index (χ2v) is 7.76. The van der Waals surface area contributed by atoms with Crippen LogP contribution in [0.1, 0.15) is 27.2 Å². The van der Waals surface area contributed by atoms with Gasteiger partial charge in [-0.15, -0.1) is 0 Å². The molecule has 0 aromatic rings. The predicted molar refractivity (Wildman–Crippen MR) is 72.5 cm³/mol. The molecule has 1 amide bonds. The second kappa shape index (κ2) is 6.36. The Hall–Kier alpha value is -1.11. The summed E-state index contributed by atoms with van der Waals surface area (Å²) in [5.74, 6) is -1.70. The Kier molecular flexibility index (Phi) is 5.99. The lowest BCUT2D eigenvalue weighted by molar-refractivity contribution is -0.155. The van der Waals surface area contributed by atoms with Gasteiger partial charge in [-0.3, -0.25) is 9.59 Å². The molecule has 0 aliphatic heterocycles. The fourth-order valence-electron chi connectivity index (χ4n) is 1.40. The van der Waals surface area contributed by atoms with Gasteiger partial charge >= 0.3 is 5.97 Å². The highest BCUT2D eigenvalue weighted by molar-refractivity contribution is 7.90. The van der Waals surface area contributed by atoms with E-state index in [-0.39, 0.29) is 30.5 Å². The zero-order valence-corrected chi connectivity index (χ0v) is 13.0. The molecule has 0 aromatic carbocycles. The molecule has 0 aliphatic carbocycles. The minimum atomic E-state index is -3.14. The van der Waals surface area contributed by atoms with E-state index < -0.39 is 21.2 Å². The maximum absolute atomic E-state index is 12.0. The number of hydrogen-bond acceptors (Lipinski definition) is 4. The number of aliphatic carboxylic acids is 1. The fourth-order valence-corrected chi connectivity index (χ4v) is 2.01. The van der Waals surface area contributed by atoms with Crippen molar-refractivity contribution in [2.45, 2.75) is 27.2 Å². The minimum Gasteiger partial charge on any atom is -0.481 e. The Bertz CT molecular complexity index is 443. The highest BCUT2D eigenvalue weighted by Gasteiger charge is 2.39.